The molecule has 18 heavy (non-hydrogen) atoms. The van der Waals surface area contributed by atoms with Gasteiger partial charge >= 0.3 is 0 Å². The van der Waals surface area contributed by atoms with Gasteiger partial charge in [-0.3, -0.25) is 4.79 Å². The van der Waals surface area contributed by atoms with Crippen LogP contribution in [0.5, 0.6) is 0 Å². The molecule has 3 nitrogen and oxygen atoms in total. The number of amides is 1. The van der Waals surface area contributed by atoms with Crippen LogP contribution in [0.4, 0.5) is 4.39 Å². The van der Waals surface area contributed by atoms with Crippen molar-refractivity contribution in [2.75, 3.05) is 0 Å². The second-order valence-corrected chi connectivity index (χ2v) is 5.30. The summed E-state index contributed by atoms with van der Waals surface area (Å²) in [6.07, 6.45) is 2.00. The fraction of sp³-hybridized carbons (Fsp3) is 0.462. The summed E-state index contributed by atoms with van der Waals surface area (Å²) in [5, 5.41) is 2.70. The highest BCUT2D eigenvalue weighted by molar-refractivity contribution is 9.10. The fourth-order valence-corrected chi connectivity index (χ4v) is 1.95. The highest BCUT2D eigenvalue weighted by Crippen LogP contribution is 2.15. The second kappa shape index (κ2) is 7.48. The molecule has 0 aliphatic rings. The van der Waals surface area contributed by atoms with Crippen LogP contribution >= 0.6 is 15.9 Å². The first-order valence-electron chi connectivity index (χ1n) is 5.95. The molecule has 0 aliphatic heterocycles. The molecule has 0 saturated carbocycles. The van der Waals surface area contributed by atoms with E-state index in [2.05, 4.69) is 21.2 Å². The molecule has 0 saturated heterocycles. The summed E-state index contributed by atoms with van der Waals surface area (Å²) in [5.41, 5.74) is 6.07. The Morgan fingerprint density at radius 1 is 1.56 bits per heavy atom. The van der Waals surface area contributed by atoms with Gasteiger partial charge in [0.1, 0.15) is 5.82 Å². The Kier molecular flexibility index (Phi) is 6.29. The number of nitrogens with one attached hydrogen (secondary N) is 1. The van der Waals surface area contributed by atoms with E-state index in [0.717, 1.165) is 17.3 Å². The SMILES string of the molecule is CC(N)CCCC(=O)NCc1cc(Br)ccc1F. The maximum absolute atomic E-state index is 13.4. The van der Waals surface area contributed by atoms with E-state index < -0.39 is 0 Å². The van der Waals surface area contributed by atoms with Crippen molar-refractivity contribution in [2.24, 2.45) is 5.73 Å². The van der Waals surface area contributed by atoms with Gasteiger partial charge in [0, 0.05) is 29.0 Å². The van der Waals surface area contributed by atoms with Crippen molar-refractivity contribution in [3.63, 3.8) is 0 Å². The van der Waals surface area contributed by atoms with Gasteiger partial charge < -0.3 is 11.1 Å². The Labute approximate surface area is 115 Å². The second-order valence-electron chi connectivity index (χ2n) is 4.38. The third-order valence-corrected chi connectivity index (χ3v) is 3.04. The van der Waals surface area contributed by atoms with Gasteiger partial charge in [-0.25, -0.2) is 4.39 Å². The lowest BCUT2D eigenvalue weighted by molar-refractivity contribution is -0.121. The predicted octanol–water partition coefficient (Wildman–Crippen LogP) is 2.72. The van der Waals surface area contributed by atoms with Gasteiger partial charge in [-0.1, -0.05) is 15.9 Å². The zero-order valence-electron chi connectivity index (χ0n) is 10.4. The van der Waals surface area contributed by atoms with Gasteiger partial charge in [0.25, 0.3) is 0 Å². The molecule has 0 aromatic heterocycles. The minimum absolute atomic E-state index is 0.0741. The van der Waals surface area contributed by atoms with Crippen LogP contribution in [0.15, 0.2) is 22.7 Å². The number of nitrogens with two attached hydrogens (primary N) is 1. The Morgan fingerprint density at radius 2 is 2.28 bits per heavy atom. The maximum atomic E-state index is 13.4. The van der Waals surface area contributed by atoms with E-state index >= 15 is 0 Å². The smallest absolute Gasteiger partial charge is 0.220 e. The van der Waals surface area contributed by atoms with Crippen molar-refractivity contribution in [3.8, 4) is 0 Å². The normalized spacial score (nSPS) is 12.2. The molecule has 1 aromatic rings. The molecule has 1 rings (SSSR count). The Hall–Kier alpha value is -0.940. The Bertz CT molecular complexity index is 410. The van der Waals surface area contributed by atoms with Gasteiger partial charge in [0.05, 0.1) is 0 Å². The van der Waals surface area contributed by atoms with Gasteiger partial charge in [-0.05, 0) is 38.0 Å². The molecule has 0 radical (unpaired) electrons. The molecular formula is C13H18BrFN2O. The van der Waals surface area contributed by atoms with E-state index in [1.54, 1.807) is 12.1 Å². The summed E-state index contributed by atoms with van der Waals surface area (Å²) >= 11 is 3.27. The summed E-state index contributed by atoms with van der Waals surface area (Å²) in [5.74, 6) is -0.385. The first-order valence-corrected chi connectivity index (χ1v) is 6.74. The number of carbonyl (C=O) groups excluding carboxylic acids is 1. The first-order chi connectivity index (χ1) is 8.49. The summed E-state index contributed by atoms with van der Waals surface area (Å²) in [6.45, 7) is 2.12. The van der Waals surface area contributed by atoms with Crippen LogP contribution in [0.1, 0.15) is 31.7 Å². The van der Waals surface area contributed by atoms with Gasteiger partial charge in [-0.15, -0.1) is 0 Å². The van der Waals surface area contributed by atoms with E-state index in [1.165, 1.54) is 6.07 Å². The monoisotopic (exact) mass is 316 g/mol. The average molecular weight is 317 g/mol. The fourth-order valence-electron chi connectivity index (χ4n) is 1.55. The molecular weight excluding hydrogens is 299 g/mol. The Balaban J connectivity index is 2.36. The average Bonchev–Trinajstić information content (AvgIpc) is 2.30. The Morgan fingerprint density at radius 3 is 2.94 bits per heavy atom. The van der Waals surface area contributed by atoms with Crippen molar-refractivity contribution < 1.29 is 9.18 Å². The number of benzene rings is 1. The minimum Gasteiger partial charge on any atom is -0.352 e. The lowest BCUT2D eigenvalue weighted by Crippen LogP contribution is -2.24. The lowest BCUT2D eigenvalue weighted by Gasteiger charge is -2.08. The summed E-state index contributed by atoms with van der Waals surface area (Å²) in [6, 6.07) is 4.78. The molecule has 1 amide bonds. The molecule has 0 spiro atoms. The number of halogens is 2. The molecule has 5 heteroatoms. The third-order valence-electron chi connectivity index (χ3n) is 2.55. The summed E-state index contributed by atoms with van der Waals surface area (Å²) < 4.78 is 14.2. The minimum atomic E-state index is -0.311. The van der Waals surface area contributed by atoms with E-state index in [0.29, 0.717) is 12.0 Å². The summed E-state index contributed by atoms with van der Waals surface area (Å²) in [7, 11) is 0. The van der Waals surface area contributed by atoms with E-state index in [9.17, 15) is 9.18 Å². The van der Waals surface area contributed by atoms with E-state index in [-0.39, 0.29) is 24.3 Å². The van der Waals surface area contributed by atoms with Crippen molar-refractivity contribution >= 4 is 21.8 Å². The van der Waals surface area contributed by atoms with Crippen LogP contribution in [-0.2, 0) is 11.3 Å². The molecule has 100 valence electrons. The first kappa shape index (κ1) is 15.1. The molecule has 1 aromatic carbocycles. The quantitative estimate of drug-likeness (QED) is 0.847. The van der Waals surface area contributed by atoms with Crippen molar-refractivity contribution in [2.45, 2.75) is 38.8 Å². The van der Waals surface area contributed by atoms with Crippen LogP contribution in [-0.4, -0.2) is 11.9 Å². The van der Waals surface area contributed by atoms with Gasteiger partial charge in [0.2, 0.25) is 5.91 Å². The highest BCUT2D eigenvalue weighted by atomic mass is 79.9. The summed E-state index contributed by atoms with van der Waals surface area (Å²) in [4.78, 5) is 11.5. The molecule has 1 atom stereocenters. The zero-order valence-corrected chi connectivity index (χ0v) is 12.0. The van der Waals surface area contributed by atoms with Crippen LogP contribution in [0.2, 0.25) is 0 Å². The van der Waals surface area contributed by atoms with Crippen molar-refractivity contribution in [3.05, 3.63) is 34.1 Å². The van der Waals surface area contributed by atoms with Crippen LogP contribution < -0.4 is 11.1 Å². The number of rotatable bonds is 6. The van der Waals surface area contributed by atoms with E-state index in [4.69, 9.17) is 5.73 Å². The molecule has 1 unspecified atom stereocenters. The molecule has 0 fully saturated rings. The van der Waals surface area contributed by atoms with Gasteiger partial charge in [0.15, 0.2) is 0 Å². The standard InChI is InChI=1S/C13H18BrFN2O/c1-9(16)3-2-4-13(18)17-8-10-7-11(14)5-6-12(10)15/h5-7,9H,2-4,8,16H2,1H3,(H,17,18). The zero-order chi connectivity index (χ0) is 13.5. The third kappa shape index (κ3) is 5.60. The molecule has 0 aliphatic carbocycles. The highest BCUT2D eigenvalue weighted by Gasteiger charge is 2.06. The van der Waals surface area contributed by atoms with Crippen molar-refractivity contribution in [1.82, 2.24) is 5.32 Å². The van der Waals surface area contributed by atoms with Gasteiger partial charge in [-0.2, -0.15) is 0 Å². The van der Waals surface area contributed by atoms with Crippen LogP contribution in [0.3, 0.4) is 0 Å². The van der Waals surface area contributed by atoms with Crippen molar-refractivity contribution in [1.29, 1.82) is 0 Å². The molecule has 0 bridgehead atoms. The molecule has 3 N–H and O–H groups in total. The van der Waals surface area contributed by atoms with Crippen LogP contribution in [0.25, 0.3) is 0 Å². The number of hydrogen-bond acceptors (Lipinski definition) is 2. The molecule has 0 heterocycles. The lowest BCUT2D eigenvalue weighted by atomic mass is 10.1. The topological polar surface area (TPSA) is 55.1 Å². The van der Waals surface area contributed by atoms with E-state index in [1.807, 2.05) is 6.92 Å². The predicted molar refractivity (Wildman–Crippen MR) is 73.4 cm³/mol. The number of carbonyl (C=O) groups is 1. The number of hydrogen-bond donors (Lipinski definition) is 2. The largest absolute Gasteiger partial charge is 0.352 e. The maximum Gasteiger partial charge on any atom is 0.220 e. The van der Waals surface area contributed by atoms with Crippen LogP contribution in [0, 0.1) is 5.82 Å².